The summed E-state index contributed by atoms with van der Waals surface area (Å²) in [7, 11) is 0. The number of carbonyl (C=O) groups excluding carboxylic acids is 3. The number of barbiturate groups is 1. The number of nitrogens with zero attached hydrogens (tertiary/aromatic N) is 1. The standard InChI is InChI=1S/C30H23ClN2O4/c1-18-7-5-12-26(19(18)2)33-29(35)25(28(34)32-30(33)36)16-22-15-23(31)13-14-27(22)37-17-21-10-6-9-20-8-3-4-11-24(20)21/h3-16H,17H2,1-2H3,(H,32,34,36)/b25-16+. The van der Waals surface area contributed by atoms with Crippen molar-refractivity contribution in [2.24, 2.45) is 0 Å². The molecule has 1 N–H and O–H groups in total. The van der Waals surface area contributed by atoms with Crippen molar-refractivity contribution in [3.05, 3.63) is 112 Å². The van der Waals surface area contributed by atoms with E-state index in [1.165, 1.54) is 6.08 Å². The normalized spacial score (nSPS) is 14.8. The van der Waals surface area contributed by atoms with Gasteiger partial charge in [-0.25, -0.2) is 9.69 Å². The van der Waals surface area contributed by atoms with E-state index in [2.05, 4.69) is 5.32 Å². The van der Waals surface area contributed by atoms with Crippen LogP contribution in [-0.4, -0.2) is 17.8 Å². The molecule has 4 aromatic rings. The lowest BCUT2D eigenvalue weighted by Gasteiger charge is -2.28. The smallest absolute Gasteiger partial charge is 0.335 e. The van der Waals surface area contributed by atoms with Crippen molar-refractivity contribution < 1.29 is 19.1 Å². The highest BCUT2D eigenvalue weighted by atomic mass is 35.5. The summed E-state index contributed by atoms with van der Waals surface area (Å²) in [6, 6.07) is 23.5. The van der Waals surface area contributed by atoms with Crippen molar-refractivity contribution in [2.75, 3.05) is 4.90 Å². The number of benzene rings is 4. The lowest BCUT2D eigenvalue weighted by atomic mass is 10.0. The molecule has 0 bridgehead atoms. The second-order valence-corrected chi connectivity index (χ2v) is 9.22. The lowest BCUT2D eigenvalue weighted by molar-refractivity contribution is -0.122. The Labute approximate surface area is 219 Å². The number of ether oxygens (including phenoxy) is 1. The van der Waals surface area contributed by atoms with Crippen molar-refractivity contribution in [1.82, 2.24) is 5.32 Å². The molecule has 0 atom stereocenters. The van der Waals surface area contributed by atoms with E-state index in [9.17, 15) is 14.4 Å². The Hall–Kier alpha value is -4.42. The molecular weight excluding hydrogens is 488 g/mol. The van der Waals surface area contributed by atoms with Gasteiger partial charge < -0.3 is 4.74 Å². The molecule has 5 rings (SSSR count). The van der Waals surface area contributed by atoms with Crippen LogP contribution in [0.1, 0.15) is 22.3 Å². The number of fused-ring (bicyclic) bond motifs is 1. The molecule has 0 aliphatic carbocycles. The maximum absolute atomic E-state index is 13.4. The summed E-state index contributed by atoms with van der Waals surface area (Å²) < 4.78 is 6.14. The van der Waals surface area contributed by atoms with E-state index in [1.54, 1.807) is 30.3 Å². The molecule has 1 fully saturated rings. The van der Waals surface area contributed by atoms with Crippen molar-refractivity contribution in [1.29, 1.82) is 0 Å². The molecular formula is C30H23ClN2O4. The van der Waals surface area contributed by atoms with Crippen molar-refractivity contribution in [3.8, 4) is 5.75 Å². The van der Waals surface area contributed by atoms with E-state index in [1.807, 2.05) is 62.4 Å². The molecule has 0 spiro atoms. The monoisotopic (exact) mass is 510 g/mol. The third-order valence-corrected chi connectivity index (χ3v) is 6.69. The number of anilines is 1. The molecule has 6 nitrogen and oxygen atoms in total. The van der Waals surface area contributed by atoms with Gasteiger partial charge in [-0.2, -0.15) is 0 Å². The molecule has 7 heteroatoms. The average Bonchev–Trinajstić information content (AvgIpc) is 2.88. The summed E-state index contributed by atoms with van der Waals surface area (Å²) >= 11 is 6.25. The number of nitrogens with one attached hydrogen (secondary N) is 1. The summed E-state index contributed by atoms with van der Waals surface area (Å²) in [4.78, 5) is 39.8. The summed E-state index contributed by atoms with van der Waals surface area (Å²) in [6.45, 7) is 3.98. The van der Waals surface area contributed by atoms with Gasteiger partial charge >= 0.3 is 6.03 Å². The number of rotatable bonds is 5. The van der Waals surface area contributed by atoms with Gasteiger partial charge in [-0.1, -0.05) is 66.2 Å². The van der Waals surface area contributed by atoms with E-state index < -0.39 is 17.8 Å². The number of hydrogen-bond acceptors (Lipinski definition) is 4. The largest absolute Gasteiger partial charge is 0.488 e. The molecule has 184 valence electrons. The predicted octanol–water partition coefficient (Wildman–Crippen LogP) is 6.36. The van der Waals surface area contributed by atoms with E-state index in [-0.39, 0.29) is 12.2 Å². The van der Waals surface area contributed by atoms with Gasteiger partial charge in [0.25, 0.3) is 11.8 Å². The van der Waals surface area contributed by atoms with Gasteiger partial charge in [-0.05, 0) is 71.7 Å². The Morgan fingerprint density at radius 2 is 1.68 bits per heavy atom. The third kappa shape index (κ3) is 4.71. The summed E-state index contributed by atoms with van der Waals surface area (Å²) in [5.74, 6) is -1.06. The number of amides is 4. The zero-order chi connectivity index (χ0) is 26.1. The molecule has 1 aliphatic rings. The minimum absolute atomic E-state index is 0.196. The van der Waals surface area contributed by atoms with Crippen LogP contribution >= 0.6 is 11.6 Å². The number of imide groups is 2. The topological polar surface area (TPSA) is 75.7 Å². The van der Waals surface area contributed by atoms with Crippen molar-refractivity contribution >= 4 is 52.0 Å². The molecule has 0 radical (unpaired) electrons. The molecule has 1 aliphatic heterocycles. The highest BCUT2D eigenvalue weighted by Gasteiger charge is 2.37. The Balaban J connectivity index is 1.50. The summed E-state index contributed by atoms with van der Waals surface area (Å²) in [5, 5.41) is 4.86. The third-order valence-electron chi connectivity index (χ3n) is 6.45. The molecule has 4 amide bonds. The van der Waals surface area contributed by atoms with E-state index in [0.717, 1.165) is 32.4 Å². The van der Waals surface area contributed by atoms with Crippen LogP contribution in [-0.2, 0) is 16.2 Å². The van der Waals surface area contributed by atoms with Crippen LogP contribution in [0.5, 0.6) is 5.75 Å². The minimum atomic E-state index is -0.792. The van der Waals surface area contributed by atoms with Crippen LogP contribution in [0.25, 0.3) is 16.8 Å². The van der Waals surface area contributed by atoms with Crippen LogP contribution in [0.4, 0.5) is 10.5 Å². The second-order valence-electron chi connectivity index (χ2n) is 8.79. The van der Waals surface area contributed by atoms with Crippen molar-refractivity contribution in [2.45, 2.75) is 20.5 Å². The highest BCUT2D eigenvalue weighted by molar-refractivity contribution is 6.39. The molecule has 1 saturated heterocycles. The fraction of sp³-hybridized carbons (Fsp3) is 0.100. The van der Waals surface area contributed by atoms with Crippen molar-refractivity contribution in [3.63, 3.8) is 0 Å². The quantitative estimate of drug-likeness (QED) is 0.250. The maximum atomic E-state index is 13.4. The van der Waals surface area contributed by atoms with E-state index >= 15 is 0 Å². The summed E-state index contributed by atoms with van der Waals surface area (Å²) in [5.41, 5.74) is 3.34. The second kappa shape index (κ2) is 9.91. The Morgan fingerprint density at radius 3 is 2.51 bits per heavy atom. The SMILES string of the molecule is Cc1cccc(N2C(=O)NC(=O)/C(=C\c3cc(Cl)ccc3OCc3cccc4ccccc34)C2=O)c1C. The minimum Gasteiger partial charge on any atom is -0.488 e. The van der Waals surface area contributed by atoms with Gasteiger partial charge in [-0.15, -0.1) is 0 Å². The Morgan fingerprint density at radius 1 is 0.919 bits per heavy atom. The van der Waals surface area contributed by atoms with Gasteiger partial charge in [0.2, 0.25) is 0 Å². The van der Waals surface area contributed by atoms with Gasteiger partial charge in [0, 0.05) is 10.6 Å². The fourth-order valence-electron chi connectivity index (χ4n) is 4.35. The Bertz CT molecular complexity index is 1600. The number of hydrogen-bond donors (Lipinski definition) is 1. The first-order chi connectivity index (χ1) is 17.8. The maximum Gasteiger partial charge on any atom is 0.335 e. The highest BCUT2D eigenvalue weighted by Crippen LogP contribution is 2.30. The number of aryl methyl sites for hydroxylation is 1. The molecule has 4 aromatic carbocycles. The van der Waals surface area contributed by atoms with Crippen LogP contribution in [0.15, 0.2) is 84.4 Å². The number of urea groups is 1. The van der Waals surface area contributed by atoms with E-state index in [4.69, 9.17) is 16.3 Å². The van der Waals surface area contributed by atoms with Gasteiger partial charge in [0.1, 0.15) is 17.9 Å². The first kappa shape index (κ1) is 24.3. The van der Waals surface area contributed by atoms with E-state index in [0.29, 0.717) is 22.0 Å². The lowest BCUT2D eigenvalue weighted by Crippen LogP contribution is -2.54. The van der Waals surface area contributed by atoms with Crippen LogP contribution in [0, 0.1) is 13.8 Å². The molecule has 0 unspecified atom stereocenters. The molecule has 0 aromatic heterocycles. The van der Waals surface area contributed by atoms with Crippen LogP contribution in [0.2, 0.25) is 5.02 Å². The average molecular weight is 511 g/mol. The van der Waals surface area contributed by atoms with Crippen LogP contribution in [0.3, 0.4) is 0 Å². The van der Waals surface area contributed by atoms with Gasteiger partial charge in [0.05, 0.1) is 5.69 Å². The van der Waals surface area contributed by atoms with Gasteiger partial charge in [-0.3, -0.25) is 14.9 Å². The fourth-order valence-corrected chi connectivity index (χ4v) is 4.53. The first-order valence-electron chi connectivity index (χ1n) is 11.7. The molecule has 37 heavy (non-hydrogen) atoms. The predicted molar refractivity (Wildman–Crippen MR) is 145 cm³/mol. The zero-order valence-corrected chi connectivity index (χ0v) is 21.0. The molecule has 1 heterocycles. The summed E-state index contributed by atoms with van der Waals surface area (Å²) in [6.07, 6.45) is 1.41. The first-order valence-corrected chi connectivity index (χ1v) is 12.1. The van der Waals surface area contributed by atoms with Gasteiger partial charge in [0.15, 0.2) is 0 Å². The number of carbonyl (C=O) groups is 3. The van der Waals surface area contributed by atoms with Crippen LogP contribution < -0.4 is 15.0 Å². The zero-order valence-electron chi connectivity index (χ0n) is 20.2. The Kier molecular flexibility index (Phi) is 6.51. The number of halogens is 1. The molecule has 0 saturated carbocycles.